The molecule has 1 fully saturated rings. The smallest absolute Gasteiger partial charge is 0.303 e. The topological polar surface area (TPSA) is 368 Å². The molecule has 1 unspecified atom stereocenters. The van der Waals surface area contributed by atoms with Gasteiger partial charge in [0.05, 0.1) is 42.9 Å². The third-order valence-corrected chi connectivity index (χ3v) is 10.2. The highest BCUT2D eigenvalue weighted by Gasteiger charge is 2.24. The second-order valence-corrected chi connectivity index (χ2v) is 15.2. The molecule has 25 heteroatoms. The van der Waals surface area contributed by atoms with Crippen molar-refractivity contribution in [1.82, 2.24) is 44.9 Å². The molecule has 2 aromatic heterocycles. The van der Waals surface area contributed by atoms with Crippen LogP contribution < -0.4 is 47.9 Å². The number of rotatable bonds is 19. The molecule has 25 nitrogen and oxygen atoms in total. The van der Waals surface area contributed by atoms with Crippen molar-refractivity contribution in [2.45, 2.75) is 25.4 Å². The maximum absolute atomic E-state index is 13.4. The number of aromatic amines is 1. The number of carboxylic acids is 4. The van der Waals surface area contributed by atoms with E-state index < -0.39 is 79.3 Å². The molecule has 0 radical (unpaired) electrons. The van der Waals surface area contributed by atoms with Gasteiger partial charge in [-0.15, -0.1) is 0 Å². The van der Waals surface area contributed by atoms with Gasteiger partial charge in [0.2, 0.25) is 17.8 Å². The van der Waals surface area contributed by atoms with Crippen molar-refractivity contribution in [2.75, 3.05) is 100 Å². The zero-order valence-corrected chi connectivity index (χ0v) is 35.5. The summed E-state index contributed by atoms with van der Waals surface area (Å²) in [6.45, 7) is -0.00141. The number of nitrogens with one attached hydrogen (secondary N) is 5. The van der Waals surface area contributed by atoms with E-state index in [1.165, 1.54) is 47.5 Å². The molecular formula is C41H48N13O12-3. The van der Waals surface area contributed by atoms with Crippen LogP contribution in [0.3, 0.4) is 0 Å². The maximum Gasteiger partial charge on any atom is 0.303 e. The normalized spacial score (nSPS) is 15.1. The molecule has 0 aliphatic carbocycles. The number of benzene rings is 2. The lowest BCUT2D eigenvalue weighted by Gasteiger charge is -2.34. The molecule has 0 spiro atoms. The summed E-state index contributed by atoms with van der Waals surface area (Å²) >= 11 is 0. The number of carboxylic acid groups (broad SMARTS) is 4. The number of H-pyrrole nitrogens is 1. The number of fused-ring (bicyclic) bond motifs is 1. The summed E-state index contributed by atoms with van der Waals surface area (Å²) in [5.74, 6) is -7.09. The van der Waals surface area contributed by atoms with E-state index in [9.17, 15) is 58.8 Å². The highest BCUT2D eigenvalue weighted by atomic mass is 16.4. The van der Waals surface area contributed by atoms with Crippen LogP contribution in [0.2, 0.25) is 0 Å². The van der Waals surface area contributed by atoms with Gasteiger partial charge in [-0.25, -0.2) is 9.97 Å². The van der Waals surface area contributed by atoms with Gasteiger partial charge in [-0.05, 0) is 55.0 Å². The zero-order chi connectivity index (χ0) is 47.8. The molecule has 0 saturated carbocycles. The third-order valence-electron chi connectivity index (χ3n) is 10.2. The monoisotopic (exact) mass is 914 g/mol. The first-order valence-corrected chi connectivity index (χ1v) is 20.6. The minimum Gasteiger partial charge on any atom is -0.549 e. The first kappa shape index (κ1) is 49.4. The van der Waals surface area contributed by atoms with Crippen molar-refractivity contribution in [3.05, 3.63) is 76.3 Å². The molecule has 1 aliphatic rings. The number of hydrogen-bond donors (Lipinski definition) is 7. The molecule has 0 bridgehead atoms. The van der Waals surface area contributed by atoms with E-state index in [1.54, 1.807) is 26.8 Å². The molecule has 8 N–H and O–H groups in total. The Morgan fingerprint density at radius 3 is 1.68 bits per heavy atom. The lowest BCUT2D eigenvalue weighted by molar-refractivity contribution is -0.308. The molecule has 1 aliphatic heterocycles. The summed E-state index contributed by atoms with van der Waals surface area (Å²) < 4.78 is 0. The number of anilines is 4. The quantitative estimate of drug-likeness (QED) is 0.0463. The van der Waals surface area contributed by atoms with Gasteiger partial charge in [-0.1, -0.05) is 0 Å². The first-order valence-electron chi connectivity index (χ1n) is 20.6. The van der Waals surface area contributed by atoms with Crippen LogP contribution in [0.1, 0.15) is 28.9 Å². The van der Waals surface area contributed by atoms with Crippen molar-refractivity contribution in [1.29, 1.82) is 0 Å². The van der Waals surface area contributed by atoms with Gasteiger partial charge in [0.25, 0.3) is 11.5 Å². The molecule has 1 saturated heterocycles. The Morgan fingerprint density at radius 1 is 0.697 bits per heavy atom. The Bertz CT molecular complexity index is 2400. The summed E-state index contributed by atoms with van der Waals surface area (Å²) in [6.07, 6.45) is 0.776. The van der Waals surface area contributed by atoms with E-state index >= 15 is 0 Å². The van der Waals surface area contributed by atoms with E-state index in [4.69, 9.17) is 5.73 Å². The molecule has 66 heavy (non-hydrogen) atoms. The highest BCUT2D eigenvalue weighted by Crippen LogP contribution is 2.16. The van der Waals surface area contributed by atoms with Gasteiger partial charge < -0.3 is 61.8 Å². The number of aromatic nitrogens is 4. The van der Waals surface area contributed by atoms with Gasteiger partial charge in [0, 0.05) is 101 Å². The van der Waals surface area contributed by atoms with Crippen molar-refractivity contribution >= 4 is 75.8 Å². The number of amides is 3. The predicted octanol–water partition coefficient (Wildman–Crippen LogP) is -5.08. The van der Waals surface area contributed by atoms with Crippen LogP contribution in [-0.4, -0.2) is 171 Å². The highest BCUT2D eigenvalue weighted by molar-refractivity contribution is 6.01. The summed E-state index contributed by atoms with van der Waals surface area (Å²) in [5.41, 5.74) is 6.93. The molecule has 2 aromatic carbocycles. The number of carbonyl (C=O) groups is 7. The lowest BCUT2D eigenvalue weighted by atomic mass is 10.1. The van der Waals surface area contributed by atoms with Crippen LogP contribution in [0.4, 0.5) is 23.0 Å². The van der Waals surface area contributed by atoms with Crippen LogP contribution in [0.25, 0.3) is 11.2 Å². The molecule has 352 valence electrons. The van der Waals surface area contributed by atoms with E-state index in [2.05, 4.69) is 41.2 Å². The minimum atomic E-state index is -1.34. The third kappa shape index (κ3) is 16.2. The molecule has 3 amide bonds. The largest absolute Gasteiger partial charge is 0.549 e. The first-order chi connectivity index (χ1) is 31.5. The average Bonchev–Trinajstić information content (AvgIpc) is 3.25. The van der Waals surface area contributed by atoms with Crippen LogP contribution in [0.15, 0.2) is 59.5 Å². The molecule has 5 rings (SSSR count). The number of nitrogen functional groups attached to an aromatic ring is 1. The summed E-state index contributed by atoms with van der Waals surface area (Å²) in [5, 5.41) is 54.7. The fourth-order valence-corrected chi connectivity index (χ4v) is 6.80. The predicted molar refractivity (Wildman–Crippen MR) is 229 cm³/mol. The van der Waals surface area contributed by atoms with Crippen molar-refractivity contribution in [2.24, 2.45) is 0 Å². The Labute approximate surface area is 376 Å². The summed E-state index contributed by atoms with van der Waals surface area (Å²) in [4.78, 5) is 119. The van der Waals surface area contributed by atoms with Gasteiger partial charge in [0.1, 0.15) is 6.04 Å². The Morgan fingerprint density at radius 2 is 1.18 bits per heavy atom. The minimum absolute atomic E-state index is 0.0181. The van der Waals surface area contributed by atoms with E-state index in [1.807, 2.05) is 0 Å². The van der Waals surface area contributed by atoms with Crippen LogP contribution in [-0.2, 0) is 35.3 Å². The maximum atomic E-state index is 13.4. The van der Waals surface area contributed by atoms with Crippen LogP contribution >= 0.6 is 0 Å². The Hall–Kier alpha value is -7.61. The van der Waals surface area contributed by atoms with E-state index in [-0.39, 0.29) is 100 Å². The summed E-state index contributed by atoms with van der Waals surface area (Å²) in [6, 6.07) is 10.9. The lowest BCUT2D eigenvalue weighted by Crippen LogP contribution is -2.51. The summed E-state index contributed by atoms with van der Waals surface area (Å²) in [7, 11) is 0. The van der Waals surface area contributed by atoms with E-state index in [0.29, 0.717) is 17.1 Å². The standard InChI is InChI=1S/C41H51N13O12/c42-41-49-37-36(40(66)50-41)46-29(20-44-37)19-43-26-3-1-25(2-4-26)38(64)48-30(9-10-32(56)57)39(65)47-28-7-5-27(6-8-28)45-31(55)21-51-11-13-52(22-33(58)59)15-17-54(24-35(62)63)18-16-53(14-12-51)23-34(60)61/h1-8,20,30,43H,9-19,21-24H2,(H,45,55)(H,47,65)(H,48,64)(H,56,57)(H,58,59)(H,60,61)(H,62,63)(H3,42,44,49,50,66)/p-3. The van der Waals surface area contributed by atoms with Crippen LogP contribution in [0.5, 0.6) is 0 Å². The zero-order valence-electron chi connectivity index (χ0n) is 35.5. The van der Waals surface area contributed by atoms with Crippen molar-refractivity contribution in [3.8, 4) is 0 Å². The fourth-order valence-electron chi connectivity index (χ4n) is 6.80. The number of aliphatic carboxylic acids is 4. The number of nitrogens with zero attached hydrogens (tertiary/aromatic N) is 7. The van der Waals surface area contributed by atoms with Crippen molar-refractivity contribution in [3.63, 3.8) is 0 Å². The second-order valence-electron chi connectivity index (χ2n) is 15.2. The Kier molecular flexibility index (Phi) is 17.9. The van der Waals surface area contributed by atoms with E-state index in [0.717, 1.165) is 0 Å². The fraction of sp³-hybridized carbons (Fsp3) is 0.390. The number of nitrogens with two attached hydrogens (primary N) is 1. The Balaban J connectivity index is 1.16. The molecule has 3 heterocycles. The average molecular weight is 915 g/mol. The molecule has 4 aromatic rings. The SMILES string of the molecule is Nc1nc2ncc(CNc3ccc(C(=O)NC(CCC(=O)O)C(=O)Nc4ccc(NC(=O)CN5CCN(CC(=O)[O-])CCN(CC(=O)[O-])CCN(CC(=O)[O-])CC5)cc4)cc3)nc2c(=O)[nH]1. The van der Waals surface area contributed by atoms with Gasteiger partial charge in [-0.3, -0.25) is 48.6 Å². The second kappa shape index (κ2) is 23.9. The molecule has 1 atom stereocenters. The van der Waals surface area contributed by atoms with Gasteiger partial charge >= 0.3 is 5.97 Å². The number of hydrogen-bond acceptors (Lipinski definition) is 20. The van der Waals surface area contributed by atoms with Crippen molar-refractivity contribution < 1.29 is 54.0 Å². The molecular weight excluding hydrogens is 867 g/mol. The van der Waals surface area contributed by atoms with Gasteiger partial charge in [0.15, 0.2) is 11.2 Å². The number of carbonyl (C=O) groups excluding carboxylic acids is 6. The van der Waals surface area contributed by atoms with Crippen LogP contribution in [0, 0.1) is 0 Å². The van der Waals surface area contributed by atoms with Gasteiger partial charge in [-0.2, -0.15) is 4.98 Å².